The van der Waals surface area contributed by atoms with Gasteiger partial charge in [0.05, 0.1) is 18.4 Å². The van der Waals surface area contributed by atoms with E-state index in [0.29, 0.717) is 29.4 Å². The molecule has 0 atom stereocenters. The number of hydrogen-bond donors (Lipinski definition) is 0. The molecule has 0 bridgehead atoms. The van der Waals surface area contributed by atoms with E-state index in [1.54, 1.807) is 0 Å². The van der Waals surface area contributed by atoms with Crippen molar-refractivity contribution in [3.8, 4) is 5.88 Å². The molecular formula is C8H12FN3O. The summed E-state index contributed by atoms with van der Waals surface area (Å²) in [7, 11) is 3.51. The summed E-state index contributed by atoms with van der Waals surface area (Å²) in [6.07, 6.45) is 0.693. The zero-order chi connectivity index (χ0) is 9.42. The molecule has 2 heterocycles. The van der Waals surface area contributed by atoms with E-state index >= 15 is 0 Å². The second-order valence-electron chi connectivity index (χ2n) is 3.28. The first kappa shape index (κ1) is 8.50. The lowest BCUT2D eigenvalue weighted by molar-refractivity contribution is 0.266. The molecule has 1 aliphatic heterocycles. The Kier molecular flexibility index (Phi) is 1.95. The lowest BCUT2D eigenvalue weighted by Crippen LogP contribution is -2.26. The molecule has 0 fully saturated rings. The molecular weight excluding hydrogens is 173 g/mol. The van der Waals surface area contributed by atoms with Gasteiger partial charge in [0, 0.05) is 19.5 Å². The molecule has 0 aliphatic carbocycles. The van der Waals surface area contributed by atoms with E-state index < -0.39 is 0 Å². The largest absolute Gasteiger partial charge is 0.480 e. The second-order valence-corrected chi connectivity index (χ2v) is 3.28. The molecule has 0 unspecified atom stereocenters. The topological polar surface area (TPSA) is 30.3 Å². The third kappa shape index (κ3) is 1.29. The molecule has 13 heavy (non-hydrogen) atoms. The highest BCUT2D eigenvalue weighted by Crippen LogP contribution is 2.26. The van der Waals surface area contributed by atoms with Crippen LogP contribution in [-0.2, 0) is 13.0 Å². The van der Waals surface area contributed by atoms with E-state index in [1.165, 1.54) is 7.11 Å². The average Bonchev–Trinajstić information content (AvgIpc) is 2.42. The van der Waals surface area contributed by atoms with E-state index in [9.17, 15) is 4.48 Å². The van der Waals surface area contributed by atoms with Crippen molar-refractivity contribution in [3.05, 3.63) is 11.3 Å². The van der Waals surface area contributed by atoms with Gasteiger partial charge < -0.3 is 9.64 Å². The van der Waals surface area contributed by atoms with Crippen molar-refractivity contribution in [2.75, 3.05) is 20.7 Å². The first-order valence-corrected chi connectivity index (χ1v) is 4.22. The molecule has 0 saturated carbocycles. The van der Waals surface area contributed by atoms with Gasteiger partial charge >= 0.3 is 0 Å². The maximum atomic E-state index is 13.1. The van der Waals surface area contributed by atoms with Crippen LogP contribution >= 0.6 is 0 Å². The Labute approximate surface area is 75.8 Å². The highest BCUT2D eigenvalue weighted by atomic mass is 19.2. The van der Waals surface area contributed by atoms with Crippen molar-refractivity contribution in [1.29, 1.82) is 0 Å². The van der Waals surface area contributed by atoms with Gasteiger partial charge in [0.2, 0.25) is 5.88 Å². The van der Waals surface area contributed by atoms with Crippen molar-refractivity contribution in [3.63, 3.8) is 0 Å². The predicted molar refractivity (Wildman–Crippen MR) is 45.3 cm³/mol. The summed E-state index contributed by atoms with van der Waals surface area (Å²) in [5, 5.41) is 3.65. The molecule has 2 rings (SSSR count). The molecule has 0 aromatic carbocycles. The van der Waals surface area contributed by atoms with Crippen LogP contribution in [0, 0.1) is 0 Å². The fraction of sp³-hybridized carbons (Fsp3) is 0.625. The number of methoxy groups -OCH3 is 1. The fourth-order valence-corrected chi connectivity index (χ4v) is 1.65. The van der Waals surface area contributed by atoms with Gasteiger partial charge in [0.15, 0.2) is 0 Å². The fourth-order valence-electron chi connectivity index (χ4n) is 1.65. The first-order chi connectivity index (χ1) is 6.22. The van der Waals surface area contributed by atoms with Crippen molar-refractivity contribution in [2.24, 2.45) is 0 Å². The molecule has 1 aromatic rings. The first-order valence-electron chi connectivity index (χ1n) is 4.22. The van der Waals surface area contributed by atoms with Crippen LogP contribution < -0.4 is 4.74 Å². The number of rotatable bonds is 1. The summed E-state index contributed by atoms with van der Waals surface area (Å²) in [4.78, 5) is 2.55. The van der Waals surface area contributed by atoms with Crippen LogP contribution in [0.3, 0.4) is 0 Å². The summed E-state index contributed by atoms with van der Waals surface area (Å²) < 4.78 is 18.1. The number of halogens is 1. The molecule has 0 N–H and O–H groups in total. The van der Waals surface area contributed by atoms with Gasteiger partial charge in [-0.3, -0.25) is 0 Å². The third-order valence-electron chi connectivity index (χ3n) is 2.36. The van der Waals surface area contributed by atoms with E-state index in [0.717, 1.165) is 12.1 Å². The second kappa shape index (κ2) is 2.99. The van der Waals surface area contributed by atoms with Crippen molar-refractivity contribution in [2.45, 2.75) is 13.0 Å². The Morgan fingerprint density at radius 1 is 1.54 bits per heavy atom. The lowest BCUT2D eigenvalue weighted by Gasteiger charge is -2.21. The molecule has 1 aromatic heterocycles. The Bertz CT molecular complexity index is 323. The Morgan fingerprint density at radius 2 is 2.31 bits per heavy atom. The average molecular weight is 185 g/mol. The van der Waals surface area contributed by atoms with Gasteiger partial charge in [-0.1, -0.05) is 9.39 Å². The minimum atomic E-state index is 0.407. The summed E-state index contributed by atoms with van der Waals surface area (Å²) >= 11 is 0. The van der Waals surface area contributed by atoms with E-state index in [2.05, 4.69) is 10.00 Å². The van der Waals surface area contributed by atoms with Gasteiger partial charge in [-0.05, 0) is 7.05 Å². The van der Waals surface area contributed by atoms with Crippen LogP contribution in [0.4, 0.5) is 4.48 Å². The number of aromatic nitrogens is 2. The Hall–Kier alpha value is -1.10. The van der Waals surface area contributed by atoms with Crippen molar-refractivity contribution < 1.29 is 9.22 Å². The SMILES string of the molecule is COc1nn(F)c2c1CN(C)CC2. The van der Waals surface area contributed by atoms with Crippen LogP contribution in [-0.4, -0.2) is 35.6 Å². The van der Waals surface area contributed by atoms with Crippen LogP contribution in [0.25, 0.3) is 0 Å². The Morgan fingerprint density at radius 3 is 3.00 bits per heavy atom. The summed E-state index contributed by atoms with van der Waals surface area (Å²) in [5.74, 6) is 0.407. The lowest BCUT2D eigenvalue weighted by atomic mass is 10.1. The zero-order valence-corrected chi connectivity index (χ0v) is 7.75. The number of ether oxygens (including phenoxy) is 1. The normalized spacial score (nSPS) is 17.2. The summed E-state index contributed by atoms with van der Waals surface area (Å²) in [6, 6.07) is 0. The van der Waals surface area contributed by atoms with Crippen LogP contribution in [0.2, 0.25) is 0 Å². The van der Waals surface area contributed by atoms with Crippen LogP contribution in [0.15, 0.2) is 0 Å². The summed E-state index contributed by atoms with van der Waals surface area (Å²) in [5.41, 5.74) is 1.52. The standard InChI is InChI=1S/C8H12FN3O/c1-11-4-3-7-6(5-11)8(13-2)10-12(7)9/h3-5H2,1-2H3. The molecule has 0 amide bonds. The highest BCUT2D eigenvalue weighted by Gasteiger charge is 2.23. The quantitative estimate of drug-likeness (QED) is 0.642. The minimum Gasteiger partial charge on any atom is -0.480 e. The maximum Gasteiger partial charge on any atom is 0.240 e. The number of likely N-dealkylation sites (N-methyl/N-ethyl adjacent to an activating group) is 1. The number of nitrogens with zero attached hydrogens (tertiary/aromatic N) is 3. The van der Waals surface area contributed by atoms with Gasteiger partial charge in [0.25, 0.3) is 0 Å². The molecule has 4 nitrogen and oxygen atoms in total. The molecule has 0 radical (unpaired) electrons. The van der Waals surface area contributed by atoms with Gasteiger partial charge in [-0.25, -0.2) is 0 Å². The maximum absolute atomic E-state index is 13.1. The molecule has 0 spiro atoms. The monoisotopic (exact) mass is 185 g/mol. The van der Waals surface area contributed by atoms with Crippen molar-refractivity contribution >= 4 is 0 Å². The highest BCUT2D eigenvalue weighted by molar-refractivity contribution is 5.32. The number of fused-ring (bicyclic) bond motifs is 1. The van der Waals surface area contributed by atoms with Crippen molar-refractivity contribution in [1.82, 2.24) is 14.9 Å². The zero-order valence-electron chi connectivity index (χ0n) is 7.75. The van der Waals surface area contributed by atoms with E-state index in [4.69, 9.17) is 4.74 Å². The minimum absolute atomic E-state index is 0.407. The van der Waals surface area contributed by atoms with E-state index in [1.807, 2.05) is 7.05 Å². The van der Waals surface area contributed by atoms with E-state index in [-0.39, 0.29) is 0 Å². The Balaban J connectivity index is 2.43. The molecule has 5 heteroatoms. The third-order valence-corrected chi connectivity index (χ3v) is 2.36. The van der Waals surface area contributed by atoms with Gasteiger partial charge in [-0.15, -0.1) is 5.10 Å². The molecule has 1 aliphatic rings. The number of hydrogen-bond acceptors (Lipinski definition) is 3. The van der Waals surface area contributed by atoms with Gasteiger partial charge in [-0.2, -0.15) is 0 Å². The predicted octanol–water partition coefficient (Wildman–Crippen LogP) is 0.612. The summed E-state index contributed by atoms with van der Waals surface area (Å²) in [6.45, 7) is 1.58. The molecule has 72 valence electrons. The van der Waals surface area contributed by atoms with Crippen LogP contribution in [0.1, 0.15) is 11.3 Å². The smallest absolute Gasteiger partial charge is 0.240 e. The van der Waals surface area contributed by atoms with Crippen LogP contribution in [0.5, 0.6) is 5.88 Å². The van der Waals surface area contributed by atoms with Gasteiger partial charge in [0.1, 0.15) is 0 Å². The molecule has 0 saturated heterocycles.